The van der Waals surface area contributed by atoms with Gasteiger partial charge in [0.2, 0.25) is 0 Å². The van der Waals surface area contributed by atoms with Crippen LogP contribution in [0.15, 0.2) is 42.5 Å². The molecule has 1 N–H and O–H groups in total. The molecule has 0 spiro atoms. The monoisotopic (exact) mass is 329 g/mol. The van der Waals surface area contributed by atoms with Gasteiger partial charge in [0.15, 0.2) is 5.60 Å². The van der Waals surface area contributed by atoms with Crippen LogP contribution in [0.1, 0.15) is 32.3 Å². The smallest absolute Gasteiger partial charge is 0.271 e. The van der Waals surface area contributed by atoms with Gasteiger partial charge in [0.25, 0.3) is 5.91 Å². The highest BCUT2D eigenvalue weighted by Crippen LogP contribution is 2.42. The maximum atomic E-state index is 13.1. The van der Waals surface area contributed by atoms with Gasteiger partial charge >= 0.3 is 0 Å². The fraction of sp³-hybridized carbons (Fsp3) is 0.316. The van der Waals surface area contributed by atoms with E-state index in [1.807, 2.05) is 13.8 Å². The molecule has 24 heavy (non-hydrogen) atoms. The maximum absolute atomic E-state index is 13.1. The molecule has 4 nitrogen and oxygen atoms in total. The van der Waals surface area contributed by atoms with Crippen molar-refractivity contribution in [3.8, 4) is 11.5 Å². The van der Waals surface area contributed by atoms with Gasteiger partial charge in [0.1, 0.15) is 17.3 Å². The summed E-state index contributed by atoms with van der Waals surface area (Å²) in [6.45, 7) is 4.14. The van der Waals surface area contributed by atoms with Crippen molar-refractivity contribution in [2.75, 3.05) is 4.90 Å². The molecule has 0 saturated heterocycles. The summed E-state index contributed by atoms with van der Waals surface area (Å²) >= 11 is 0. The van der Waals surface area contributed by atoms with E-state index in [0.717, 1.165) is 5.56 Å². The van der Waals surface area contributed by atoms with Crippen molar-refractivity contribution in [3.63, 3.8) is 0 Å². The lowest BCUT2D eigenvalue weighted by molar-refractivity contribution is -0.136. The van der Waals surface area contributed by atoms with Crippen LogP contribution in [0.4, 0.5) is 10.1 Å². The molecule has 2 aromatic rings. The Kier molecular flexibility index (Phi) is 4.18. The Bertz CT molecular complexity index is 754. The third-order valence-corrected chi connectivity index (χ3v) is 4.57. The number of aromatic hydroxyl groups is 1. The van der Waals surface area contributed by atoms with E-state index >= 15 is 0 Å². The summed E-state index contributed by atoms with van der Waals surface area (Å²) < 4.78 is 19.1. The highest BCUT2D eigenvalue weighted by atomic mass is 19.1. The second-order valence-electron chi connectivity index (χ2n) is 5.97. The normalized spacial score (nSPS) is 15.8. The molecule has 1 amide bonds. The number of nitrogens with zero attached hydrogens (tertiary/aromatic N) is 1. The first-order chi connectivity index (χ1) is 11.5. The average molecular weight is 329 g/mol. The number of phenols is 1. The zero-order valence-electron chi connectivity index (χ0n) is 13.8. The van der Waals surface area contributed by atoms with Crippen LogP contribution in [0.2, 0.25) is 0 Å². The molecule has 0 aliphatic carbocycles. The van der Waals surface area contributed by atoms with Crippen LogP contribution in [0.5, 0.6) is 11.5 Å². The van der Waals surface area contributed by atoms with E-state index in [1.54, 1.807) is 23.1 Å². The van der Waals surface area contributed by atoms with Gasteiger partial charge in [-0.1, -0.05) is 26.0 Å². The predicted molar refractivity (Wildman–Crippen MR) is 89.6 cm³/mol. The zero-order chi connectivity index (χ0) is 17.3. The second-order valence-corrected chi connectivity index (χ2v) is 5.97. The summed E-state index contributed by atoms with van der Waals surface area (Å²) in [4.78, 5) is 14.7. The van der Waals surface area contributed by atoms with E-state index < -0.39 is 5.60 Å². The van der Waals surface area contributed by atoms with Crippen LogP contribution in [-0.4, -0.2) is 16.6 Å². The molecule has 126 valence electrons. The Labute approximate surface area is 140 Å². The molecule has 1 heterocycles. The van der Waals surface area contributed by atoms with Gasteiger partial charge in [-0.3, -0.25) is 4.79 Å². The van der Waals surface area contributed by atoms with Crippen LogP contribution >= 0.6 is 0 Å². The van der Waals surface area contributed by atoms with Crippen molar-refractivity contribution >= 4 is 11.6 Å². The highest BCUT2D eigenvalue weighted by molar-refractivity contribution is 6.02. The number of anilines is 1. The van der Waals surface area contributed by atoms with Crippen molar-refractivity contribution in [2.24, 2.45) is 0 Å². The predicted octanol–water partition coefficient (Wildman–Crippen LogP) is 4.02. The Morgan fingerprint density at radius 2 is 1.79 bits per heavy atom. The molecule has 2 aromatic carbocycles. The molecule has 5 heteroatoms. The number of carbonyl (C=O) groups is 1. The summed E-state index contributed by atoms with van der Waals surface area (Å²) in [5.74, 6) is 0.148. The number of carbonyl (C=O) groups excluding carboxylic acids is 1. The number of amides is 1. The number of hydrogen-bond acceptors (Lipinski definition) is 3. The van der Waals surface area contributed by atoms with Crippen molar-refractivity contribution in [1.82, 2.24) is 0 Å². The first-order valence-corrected chi connectivity index (χ1v) is 8.07. The molecule has 0 saturated carbocycles. The minimum atomic E-state index is -0.944. The van der Waals surface area contributed by atoms with Gasteiger partial charge in [-0.25, -0.2) is 4.39 Å². The van der Waals surface area contributed by atoms with Crippen molar-refractivity contribution < 1.29 is 19.0 Å². The minimum absolute atomic E-state index is 0.0888. The van der Waals surface area contributed by atoms with E-state index in [-0.39, 0.29) is 17.5 Å². The molecular formula is C19H20FNO3. The number of hydrogen-bond donors (Lipinski definition) is 1. The van der Waals surface area contributed by atoms with Crippen LogP contribution in [0, 0.1) is 5.82 Å². The molecule has 0 bridgehead atoms. The minimum Gasteiger partial charge on any atom is -0.508 e. The summed E-state index contributed by atoms with van der Waals surface area (Å²) in [5.41, 5.74) is 0.493. The summed E-state index contributed by atoms with van der Waals surface area (Å²) in [6.07, 6.45) is 1.05. The van der Waals surface area contributed by atoms with Gasteiger partial charge in [-0.2, -0.15) is 0 Å². The summed E-state index contributed by atoms with van der Waals surface area (Å²) in [6, 6.07) is 10.8. The third kappa shape index (κ3) is 2.70. The molecule has 1 aliphatic rings. The molecular weight excluding hydrogens is 309 g/mol. The lowest BCUT2D eigenvalue weighted by atomic mass is 9.92. The fourth-order valence-corrected chi connectivity index (χ4v) is 3.04. The van der Waals surface area contributed by atoms with Crippen molar-refractivity contribution in [2.45, 2.75) is 38.8 Å². The molecule has 0 radical (unpaired) electrons. The first-order valence-electron chi connectivity index (χ1n) is 8.07. The molecule has 0 fully saturated rings. The maximum Gasteiger partial charge on any atom is 0.271 e. The SMILES string of the molecule is CCC1(CC)Oc2cc(O)ccc2N(Cc2ccc(F)cc2)C1=O. The first kappa shape index (κ1) is 16.3. The van der Waals surface area contributed by atoms with Crippen LogP contribution in [0.25, 0.3) is 0 Å². The number of ether oxygens (including phenoxy) is 1. The van der Waals surface area contributed by atoms with Gasteiger partial charge in [-0.05, 0) is 42.7 Å². The molecule has 0 unspecified atom stereocenters. The Hall–Kier alpha value is -2.56. The molecule has 0 atom stereocenters. The van der Waals surface area contributed by atoms with E-state index in [2.05, 4.69) is 0 Å². The van der Waals surface area contributed by atoms with E-state index in [4.69, 9.17) is 4.74 Å². The lowest BCUT2D eigenvalue weighted by Gasteiger charge is -2.42. The standard InChI is InChI=1S/C19H20FNO3/c1-3-19(4-2)18(23)21(12-13-5-7-14(20)8-6-13)16-10-9-15(22)11-17(16)24-19/h5-11,22H,3-4,12H2,1-2H3. The Morgan fingerprint density at radius 3 is 2.42 bits per heavy atom. The number of halogens is 1. The molecule has 0 aromatic heterocycles. The molecule has 1 aliphatic heterocycles. The van der Waals surface area contributed by atoms with Crippen LogP contribution < -0.4 is 9.64 Å². The number of phenolic OH excluding ortho intramolecular Hbond substituents is 1. The Balaban J connectivity index is 2.05. The largest absolute Gasteiger partial charge is 0.508 e. The van der Waals surface area contributed by atoms with Crippen LogP contribution in [-0.2, 0) is 11.3 Å². The number of rotatable bonds is 4. The van der Waals surface area contributed by atoms with E-state index in [0.29, 0.717) is 30.8 Å². The summed E-state index contributed by atoms with van der Waals surface area (Å²) in [7, 11) is 0. The number of benzene rings is 2. The fourth-order valence-electron chi connectivity index (χ4n) is 3.04. The van der Waals surface area contributed by atoms with Crippen molar-refractivity contribution in [3.05, 3.63) is 53.8 Å². The topological polar surface area (TPSA) is 49.8 Å². The van der Waals surface area contributed by atoms with Crippen molar-refractivity contribution in [1.29, 1.82) is 0 Å². The zero-order valence-corrected chi connectivity index (χ0v) is 13.8. The quantitative estimate of drug-likeness (QED) is 0.922. The lowest BCUT2D eigenvalue weighted by Crippen LogP contribution is -2.55. The van der Waals surface area contributed by atoms with Crippen LogP contribution in [0.3, 0.4) is 0 Å². The van der Waals surface area contributed by atoms with E-state index in [9.17, 15) is 14.3 Å². The second kappa shape index (κ2) is 6.15. The van der Waals surface area contributed by atoms with E-state index in [1.165, 1.54) is 24.3 Å². The average Bonchev–Trinajstić information content (AvgIpc) is 2.59. The molecule has 3 rings (SSSR count). The number of fused-ring (bicyclic) bond motifs is 1. The van der Waals surface area contributed by atoms with Gasteiger partial charge in [0, 0.05) is 6.07 Å². The van der Waals surface area contributed by atoms with Gasteiger partial charge < -0.3 is 14.7 Å². The highest BCUT2D eigenvalue weighted by Gasteiger charge is 2.45. The Morgan fingerprint density at radius 1 is 1.12 bits per heavy atom. The van der Waals surface area contributed by atoms with Gasteiger partial charge in [0.05, 0.1) is 12.2 Å². The van der Waals surface area contributed by atoms with Gasteiger partial charge in [-0.15, -0.1) is 0 Å². The summed E-state index contributed by atoms with van der Waals surface area (Å²) in [5, 5.41) is 9.75. The third-order valence-electron chi connectivity index (χ3n) is 4.57.